The van der Waals surface area contributed by atoms with E-state index in [1.807, 2.05) is 0 Å². The Morgan fingerprint density at radius 1 is 0.833 bits per heavy atom. The number of nitrogens with one attached hydrogen (secondary N) is 2. The number of carbonyl (C=O) groups is 2. The minimum Gasteiger partial charge on any atom is -0.664 e. The molecule has 2 rings (SSSR count). The molecule has 2 aromatic rings. The summed E-state index contributed by atoms with van der Waals surface area (Å²) in [6.45, 7) is 0. The fourth-order valence-electron chi connectivity index (χ4n) is 1.28. The van der Waals surface area contributed by atoms with Crippen molar-refractivity contribution in [1.82, 2.24) is 0 Å². The van der Waals surface area contributed by atoms with Crippen molar-refractivity contribution in [2.24, 2.45) is 0 Å². The molecule has 6 nitrogen and oxygen atoms in total. The van der Waals surface area contributed by atoms with Crippen molar-refractivity contribution < 1.29 is 61.9 Å². The minimum atomic E-state index is -0.667. The van der Waals surface area contributed by atoms with Crippen molar-refractivity contribution in [1.29, 1.82) is 0 Å². The first-order valence-electron chi connectivity index (χ1n) is 5.66. The summed E-state index contributed by atoms with van der Waals surface area (Å²) < 4.78 is 0. The number of hydrogen-bond donors (Lipinski definition) is 2. The number of phenolic OH excluding ortho intramolecular Hbond substituents is 2. The van der Waals surface area contributed by atoms with Crippen LogP contribution in [-0.4, -0.2) is 21.5 Å². The topological polar surface area (TPSA) is 122 Å². The van der Waals surface area contributed by atoms with E-state index >= 15 is 0 Å². The number of rotatable bonds is 1. The first-order chi connectivity index (χ1) is 10.3. The average Bonchev–Trinajstić information content (AvgIpc) is 2.39. The fourth-order valence-corrected chi connectivity index (χ4v) is 1.28. The molecule has 0 heterocycles. The zero-order valence-corrected chi connectivity index (χ0v) is 20.3. The third kappa shape index (κ3) is 13.6. The molecule has 0 fully saturated rings. The third-order valence-corrected chi connectivity index (χ3v) is 1.97. The van der Waals surface area contributed by atoms with Crippen LogP contribution in [0.2, 0.25) is 0 Å². The normalized spacial score (nSPS) is 7.92. The van der Waals surface area contributed by atoms with Gasteiger partial charge in [0.15, 0.2) is 0 Å². The van der Waals surface area contributed by atoms with Crippen LogP contribution in [0.15, 0.2) is 36.4 Å². The molecule has 0 spiro atoms. The average molecular weight is 704 g/mol. The molecule has 0 aliphatic rings. The molecule has 24 heavy (non-hydrogen) atoms. The number of amides is 2. The maximum absolute atomic E-state index is 9.54. The van der Waals surface area contributed by atoms with Gasteiger partial charge in [-0.25, -0.2) is 0 Å². The Bertz CT molecular complexity index is 582. The van der Waals surface area contributed by atoms with Gasteiger partial charge >= 0.3 is 42.1 Å². The molecule has 0 aliphatic carbocycles. The molecule has 126 valence electrons. The second kappa shape index (κ2) is 15.7. The molecule has 10 heteroatoms. The summed E-state index contributed by atoms with van der Waals surface area (Å²) in [6, 6.07) is 15.2. The summed E-state index contributed by atoms with van der Waals surface area (Å²) in [6.07, 6.45) is 0. The van der Waals surface area contributed by atoms with E-state index in [2.05, 4.69) is 12.1 Å². The van der Waals surface area contributed by atoms with Crippen molar-refractivity contribution in [3.05, 3.63) is 60.0 Å². The standard InChI is InChI=1S/C12H8O2.2CH4NOP.2W/c13-11-7-3-1-5-9(11)10-6-2-4-8-12(10)14;2*2-1(3)4;;/h3-8,13-14H;2*4H2,(H2,2,3);;/q-2;;;2*+2/p-2. The van der Waals surface area contributed by atoms with E-state index in [1.165, 1.54) is 12.1 Å². The maximum Gasteiger partial charge on any atom is 2.00 e. The smallest absolute Gasteiger partial charge is 0.664 e. The van der Waals surface area contributed by atoms with Gasteiger partial charge in [0, 0.05) is 11.5 Å². The van der Waals surface area contributed by atoms with Gasteiger partial charge in [-0.05, 0) is 0 Å². The van der Waals surface area contributed by atoms with Crippen molar-refractivity contribution in [3.63, 3.8) is 0 Å². The van der Waals surface area contributed by atoms with Crippen LogP contribution in [0.25, 0.3) is 22.6 Å². The number of aromatic hydroxyl groups is 2. The van der Waals surface area contributed by atoms with Gasteiger partial charge in [-0.15, -0.1) is 23.3 Å². The SMILES string of the molecule is Oc1cc[c-]cc1-c1c[c-]ccc1O.[NH-]C(=O)P.[NH-]C(=O)P.[W+2].[W+2]. The maximum atomic E-state index is 9.54. The van der Waals surface area contributed by atoms with Crippen LogP contribution >= 0.6 is 18.5 Å². The van der Waals surface area contributed by atoms with E-state index in [9.17, 15) is 10.2 Å². The molecule has 2 aromatic carbocycles. The van der Waals surface area contributed by atoms with Gasteiger partial charge in [0.25, 0.3) is 0 Å². The van der Waals surface area contributed by atoms with Crippen LogP contribution in [0, 0.1) is 12.1 Å². The predicted molar refractivity (Wildman–Crippen MR) is 91.7 cm³/mol. The Morgan fingerprint density at radius 3 is 1.29 bits per heavy atom. The Balaban J connectivity index is -0.000000378. The Morgan fingerprint density at radius 2 is 1.08 bits per heavy atom. The summed E-state index contributed by atoms with van der Waals surface area (Å²) >= 11 is 0. The molecule has 0 bridgehead atoms. The quantitative estimate of drug-likeness (QED) is 0.337. The van der Waals surface area contributed by atoms with Crippen LogP contribution in [0.1, 0.15) is 0 Å². The van der Waals surface area contributed by atoms with Gasteiger partial charge in [0.1, 0.15) is 0 Å². The van der Waals surface area contributed by atoms with Crippen LogP contribution < -0.4 is 0 Å². The van der Waals surface area contributed by atoms with Gasteiger partial charge in [-0.1, -0.05) is 18.5 Å². The summed E-state index contributed by atoms with van der Waals surface area (Å²) in [4.78, 5) is 18.1. The van der Waals surface area contributed by atoms with E-state index in [4.69, 9.17) is 21.1 Å². The van der Waals surface area contributed by atoms with E-state index in [-0.39, 0.29) is 53.6 Å². The summed E-state index contributed by atoms with van der Waals surface area (Å²) in [7, 11) is 3.37. The van der Waals surface area contributed by atoms with Gasteiger partial charge in [-0.2, -0.15) is 36.4 Å². The second-order valence-corrected chi connectivity index (χ2v) is 4.66. The van der Waals surface area contributed by atoms with Gasteiger partial charge in [0.2, 0.25) is 0 Å². The van der Waals surface area contributed by atoms with Crippen molar-refractivity contribution >= 4 is 29.8 Å². The van der Waals surface area contributed by atoms with Crippen LogP contribution in [-0.2, 0) is 42.1 Å². The summed E-state index contributed by atoms with van der Waals surface area (Å²) in [5.41, 5.74) is 11.6. The molecule has 2 atom stereocenters. The monoisotopic (exact) mass is 704 g/mol. The van der Waals surface area contributed by atoms with E-state index < -0.39 is 11.3 Å². The first-order valence-corrected chi connectivity index (χ1v) is 6.81. The Labute approximate surface area is 173 Å². The van der Waals surface area contributed by atoms with Gasteiger partial charge in [-0.3, -0.25) is 0 Å². The van der Waals surface area contributed by atoms with Crippen LogP contribution in [0.5, 0.6) is 11.5 Å². The molecular weight excluding hydrogens is 690 g/mol. The molecular formula is C14H14N2O4P2W2. The summed E-state index contributed by atoms with van der Waals surface area (Å²) in [5, 5.41) is 19.1. The fraction of sp³-hybridized carbons (Fsp3) is 0. The minimum absolute atomic E-state index is 0. The molecule has 2 unspecified atom stereocenters. The molecule has 0 aromatic heterocycles. The number of phenols is 2. The third-order valence-electron chi connectivity index (χ3n) is 1.97. The zero-order valence-electron chi connectivity index (χ0n) is 12.1. The van der Waals surface area contributed by atoms with Crippen molar-refractivity contribution in [2.45, 2.75) is 0 Å². The second-order valence-electron chi connectivity index (χ2n) is 3.62. The Hall–Kier alpha value is -0.783. The van der Waals surface area contributed by atoms with Gasteiger partial charge < -0.3 is 31.3 Å². The number of benzene rings is 2. The molecule has 4 N–H and O–H groups in total. The van der Waals surface area contributed by atoms with Crippen molar-refractivity contribution in [2.75, 3.05) is 0 Å². The first kappa shape index (κ1) is 28.0. The molecule has 0 aliphatic heterocycles. The van der Waals surface area contributed by atoms with E-state index in [0.717, 1.165) is 0 Å². The summed E-state index contributed by atoms with van der Waals surface area (Å²) in [5.74, 6) is 0.248. The van der Waals surface area contributed by atoms with E-state index in [0.29, 0.717) is 11.1 Å². The van der Waals surface area contributed by atoms with Crippen molar-refractivity contribution in [3.8, 4) is 22.6 Å². The van der Waals surface area contributed by atoms with Gasteiger partial charge in [0.05, 0.1) is 11.3 Å². The van der Waals surface area contributed by atoms with E-state index in [1.54, 1.807) is 42.7 Å². The largest absolute Gasteiger partial charge is 2.00 e. The number of carbonyl (C=O) groups excluding carboxylic acids is 2. The van der Waals surface area contributed by atoms with Crippen LogP contribution in [0.4, 0.5) is 9.59 Å². The molecule has 0 radical (unpaired) electrons. The molecule has 2 amide bonds. The predicted octanol–water partition coefficient (Wildman–Crippen LogP) is 4.43. The van der Waals surface area contributed by atoms with Crippen LogP contribution in [0.3, 0.4) is 0 Å². The zero-order chi connectivity index (χ0) is 17.1. The Kier molecular flexibility index (Phi) is 18.4. The molecule has 0 saturated carbocycles. The number of hydrogen-bond acceptors (Lipinski definition) is 4. The molecule has 0 saturated heterocycles.